The van der Waals surface area contributed by atoms with Crippen LogP contribution >= 0.6 is 0 Å². The molecule has 0 fully saturated rings. The number of pyridine rings is 1. The highest BCUT2D eigenvalue weighted by molar-refractivity contribution is 5.97. The number of hydrogen-bond acceptors (Lipinski definition) is 6. The fourth-order valence-electron chi connectivity index (χ4n) is 4.28. The minimum Gasteiger partial charge on any atom is -0.507 e. The molecule has 1 amide bonds. The van der Waals surface area contributed by atoms with Crippen LogP contribution in [0.3, 0.4) is 0 Å². The first-order valence-electron chi connectivity index (χ1n) is 11.4. The normalized spacial score (nSPS) is 11.7. The first kappa shape index (κ1) is 24.2. The maximum absolute atomic E-state index is 12.8. The summed E-state index contributed by atoms with van der Waals surface area (Å²) in [5, 5.41) is 13.6. The van der Waals surface area contributed by atoms with Gasteiger partial charge in [0.15, 0.2) is 0 Å². The number of H-pyrrole nitrogens is 1. The molecule has 0 aliphatic rings. The van der Waals surface area contributed by atoms with Crippen LogP contribution < -0.4 is 10.1 Å². The van der Waals surface area contributed by atoms with E-state index in [9.17, 15) is 9.90 Å². The fraction of sp³-hybridized carbons (Fsp3) is 0.296. The molecule has 0 saturated carbocycles. The standard InChI is InChI=1S/C27H31N5O3/c1-27(2,16-32(3)4)15-29-25(34)18-8-10-21-22(14-18)31-24(30-21)20-13-17(9-11-23(20)33)19-7-6-12-28-26(19)35-5/h6-14,33H,15-16H2,1-5H3,(H,29,34)(H,30,31). The number of carbonyl (C=O) groups is 1. The molecule has 0 aliphatic heterocycles. The molecule has 8 heteroatoms. The third-order valence-corrected chi connectivity index (χ3v) is 5.74. The zero-order valence-electron chi connectivity index (χ0n) is 20.7. The lowest BCUT2D eigenvalue weighted by Crippen LogP contribution is -2.39. The minimum absolute atomic E-state index is 0.0517. The summed E-state index contributed by atoms with van der Waals surface area (Å²) < 4.78 is 5.38. The summed E-state index contributed by atoms with van der Waals surface area (Å²) in [7, 11) is 5.62. The van der Waals surface area contributed by atoms with Gasteiger partial charge in [-0.05, 0) is 67.5 Å². The average Bonchev–Trinajstić information content (AvgIpc) is 3.25. The quantitative estimate of drug-likeness (QED) is 0.352. The fourth-order valence-corrected chi connectivity index (χ4v) is 4.28. The number of aromatic hydroxyl groups is 1. The van der Waals surface area contributed by atoms with Crippen LogP contribution in [0, 0.1) is 5.41 Å². The van der Waals surface area contributed by atoms with Crippen molar-refractivity contribution < 1.29 is 14.6 Å². The van der Waals surface area contributed by atoms with Crippen LogP contribution in [0.25, 0.3) is 33.5 Å². The smallest absolute Gasteiger partial charge is 0.251 e. The Morgan fingerprint density at radius 2 is 1.94 bits per heavy atom. The van der Waals surface area contributed by atoms with Gasteiger partial charge in [-0.3, -0.25) is 4.79 Å². The van der Waals surface area contributed by atoms with E-state index < -0.39 is 0 Å². The van der Waals surface area contributed by atoms with Crippen molar-refractivity contribution in [2.24, 2.45) is 5.41 Å². The summed E-state index contributed by atoms with van der Waals surface area (Å²) in [4.78, 5) is 27.1. The lowest BCUT2D eigenvalue weighted by atomic mass is 9.93. The molecule has 0 bridgehead atoms. The maximum Gasteiger partial charge on any atom is 0.251 e. The Labute approximate surface area is 205 Å². The predicted molar refractivity (Wildman–Crippen MR) is 138 cm³/mol. The summed E-state index contributed by atoms with van der Waals surface area (Å²) in [6.45, 7) is 5.68. The van der Waals surface area contributed by atoms with Crippen LogP contribution in [0.4, 0.5) is 0 Å². The van der Waals surface area contributed by atoms with Crippen LogP contribution in [-0.2, 0) is 0 Å². The molecule has 4 aromatic rings. The average molecular weight is 474 g/mol. The number of amides is 1. The highest BCUT2D eigenvalue weighted by atomic mass is 16.5. The molecular formula is C27H31N5O3. The van der Waals surface area contributed by atoms with Crippen molar-refractivity contribution in [3.8, 4) is 34.1 Å². The Balaban J connectivity index is 1.61. The number of rotatable bonds is 8. The van der Waals surface area contributed by atoms with Crippen molar-refractivity contribution in [1.82, 2.24) is 25.2 Å². The monoisotopic (exact) mass is 473 g/mol. The van der Waals surface area contributed by atoms with Gasteiger partial charge in [-0.15, -0.1) is 0 Å². The number of nitrogens with zero attached hydrogens (tertiary/aromatic N) is 3. The van der Waals surface area contributed by atoms with Gasteiger partial charge < -0.3 is 25.0 Å². The number of fused-ring (bicyclic) bond motifs is 1. The molecule has 35 heavy (non-hydrogen) atoms. The van der Waals surface area contributed by atoms with Crippen LogP contribution in [-0.4, -0.2) is 65.2 Å². The number of carbonyl (C=O) groups excluding carboxylic acids is 1. The van der Waals surface area contributed by atoms with Crippen molar-refractivity contribution >= 4 is 16.9 Å². The number of imidazole rings is 1. The van der Waals surface area contributed by atoms with Crippen molar-refractivity contribution in [2.45, 2.75) is 13.8 Å². The molecule has 8 nitrogen and oxygen atoms in total. The molecule has 4 rings (SSSR count). The van der Waals surface area contributed by atoms with E-state index in [-0.39, 0.29) is 17.1 Å². The number of phenolic OH excluding ortho intramolecular Hbond substituents is 1. The predicted octanol–water partition coefficient (Wildman–Crippen LogP) is 4.32. The lowest BCUT2D eigenvalue weighted by Gasteiger charge is -2.28. The third-order valence-electron chi connectivity index (χ3n) is 5.74. The molecule has 0 unspecified atom stereocenters. The number of nitrogens with one attached hydrogen (secondary N) is 2. The number of benzene rings is 2. The second-order valence-electron chi connectivity index (χ2n) is 9.69. The van der Waals surface area contributed by atoms with E-state index in [1.165, 1.54) is 0 Å². The van der Waals surface area contributed by atoms with Gasteiger partial charge in [0.05, 0.1) is 23.7 Å². The Bertz CT molecular complexity index is 1360. The molecule has 0 aliphatic carbocycles. The first-order valence-corrected chi connectivity index (χ1v) is 11.4. The van der Waals surface area contributed by atoms with Gasteiger partial charge in [0.25, 0.3) is 5.91 Å². The largest absolute Gasteiger partial charge is 0.507 e. The maximum atomic E-state index is 12.8. The summed E-state index contributed by atoms with van der Waals surface area (Å²) in [5.41, 5.74) is 4.10. The molecule has 0 spiro atoms. The van der Waals surface area contributed by atoms with Gasteiger partial charge in [0.1, 0.15) is 11.6 Å². The van der Waals surface area contributed by atoms with Crippen LogP contribution in [0.2, 0.25) is 0 Å². The molecule has 0 atom stereocenters. The molecule has 0 saturated heterocycles. The van der Waals surface area contributed by atoms with Crippen molar-refractivity contribution in [2.75, 3.05) is 34.3 Å². The summed E-state index contributed by atoms with van der Waals surface area (Å²) in [6, 6.07) is 14.4. The number of hydrogen-bond donors (Lipinski definition) is 3. The molecule has 0 radical (unpaired) electrons. The minimum atomic E-state index is -0.136. The lowest BCUT2D eigenvalue weighted by molar-refractivity contribution is 0.0929. The second-order valence-corrected chi connectivity index (χ2v) is 9.69. The molecule has 2 aromatic carbocycles. The molecular weight excluding hydrogens is 442 g/mol. The zero-order valence-corrected chi connectivity index (χ0v) is 20.7. The molecule has 182 valence electrons. The van der Waals surface area contributed by atoms with E-state index in [1.54, 1.807) is 43.6 Å². The SMILES string of the molecule is COc1ncccc1-c1ccc(O)c(-c2nc3ccc(C(=O)NCC(C)(C)CN(C)C)cc3[nH]2)c1. The van der Waals surface area contributed by atoms with Gasteiger partial charge >= 0.3 is 0 Å². The van der Waals surface area contributed by atoms with E-state index in [2.05, 4.69) is 39.0 Å². The summed E-state index contributed by atoms with van der Waals surface area (Å²) in [6.07, 6.45) is 1.67. The second kappa shape index (κ2) is 9.76. The number of aromatic nitrogens is 3. The van der Waals surface area contributed by atoms with Gasteiger partial charge in [-0.1, -0.05) is 19.9 Å². The van der Waals surface area contributed by atoms with Gasteiger partial charge in [0.2, 0.25) is 5.88 Å². The van der Waals surface area contributed by atoms with Crippen LogP contribution in [0.1, 0.15) is 24.2 Å². The van der Waals surface area contributed by atoms with E-state index in [4.69, 9.17) is 4.74 Å². The van der Waals surface area contributed by atoms with Gasteiger partial charge in [-0.2, -0.15) is 0 Å². The van der Waals surface area contributed by atoms with E-state index in [0.717, 1.165) is 17.7 Å². The van der Waals surface area contributed by atoms with Crippen LogP contribution in [0.15, 0.2) is 54.7 Å². The first-order chi connectivity index (χ1) is 16.7. The van der Waals surface area contributed by atoms with Crippen LogP contribution in [0.5, 0.6) is 11.6 Å². The van der Waals surface area contributed by atoms with Gasteiger partial charge in [0, 0.05) is 30.4 Å². The number of aromatic amines is 1. The summed E-state index contributed by atoms with van der Waals surface area (Å²) in [5.74, 6) is 0.963. The Morgan fingerprint density at radius 3 is 2.69 bits per heavy atom. The number of ether oxygens (including phenoxy) is 1. The molecule has 2 heterocycles. The third kappa shape index (κ3) is 5.44. The highest BCUT2D eigenvalue weighted by Crippen LogP contribution is 2.35. The van der Waals surface area contributed by atoms with Crippen molar-refractivity contribution in [3.05, 3.63) is 60.3 Å². The van der Waals surface area contributed by atoms with E-state index >= 15 is 0 Å². The van der Waals surface area contributed by atoms with E-state index in [1.807, 2.05) is 32.3 Å². The highest BCUT2D eigenvalue weighted by Gasteiger charge is 2.21. The number of methoxy groups -OCH3 is 1. The van der Waals surface area contributed by atoms with Crippen molar-refractivity contribution in [1.29, 1.82) is 0 Å². The Morgan fingerprint density at radius 1 is 1.14 bits per heavy atom. The number of phenols is 1. The van der Waals surface area contributed by atoms with Crippen molar-refractivity contribution in [3.63, 3.8) is 0 Å². The van der Waals surface area contributed by atoms with E-state index in [0.29, 0.717) is 40.4 Å². The van der Waals surface area contributed by atoms with Gasteiger partial charge in [-0.25, -0.2) is 9.97 Å². The molecule has 3 N–H and O–H groups in total. The Hall–Kier alpha value is -3.91. The summed E-state index contributed by atoms with van der Waals surface area (Å²) >= 11 is 0. The zero-order chi connectivity index (χ0) is 25.2. The topological polar surface area (TPSA) is 103 Å². The molecule has 2 aromatic heterocycles. The Kier molecular flexibility index (Phi) is 6.75.